The Morgan fingerprint density at radius 2 is 1.80 bits per heavy atom. The molecular formula is C6H12O4. The lowest BCUT2D eigenvalue weighted by Gasteiger charge is -2.32. The Hall–Kier alpha value is -0.160. The summed E-state index contributed by atoms with van der Waals surface area (Å²) in [7, 11) is 0. The molecule has 0 aromatic heterocycles. The molecule has 0 aromatic rings. The maximum atomic E-state index is 9.07. The second kappa shape index (κ2) is 2.84. The third-order valence-electron chi connectivity index (χ3n) is 1.71. The Balaban J connectivity index is 2.46. The zero-order valence-electron chi connectivity index (χ0n) is 5.77. The molecule has 0 saturated carbocycles. The van der Waals surface area contributed by atoms with E-state index in [0.29, 0.717) is 0 Å². The van der Waals surface area contributed by atoms with E-state index in [2.05, 4.69) is 0 Å². The van der Waals surface area contributed by atoms with Crippen LogP contribution in [0.4, 0.5) is 0 Å². The fourth-order valence-corrected chi connectivity index (χ4v) is 0.957. The van der Waals surface area contributed by atoms with Crippen LogP contribution >= 0.6 is 0 Å². The van der Waals surface area contributed by atoms with Crippen LogP contribution in [0.25, 0.3) is 0 Å². The van der Waals surface area contributed by atoms with Crippen molar-refractivity contribution in [2.75, 3.05) is 0 Å². The van der Waals surface area contributed by atoms with Gasteiger partial charge in [0.25, 0.3) is 0 Å². The first kappa shape index (κ1) is 7.94. The first-order valence-corrected chi connectivity index (χ1v) is 3.31. The fraction of sp³-hybridized carbons (Fsp3) is 1.00. The van der Waals surface area contributed by atoms with Crippen molar-refractivity contribution in [1.29, 1.82) is 0 Å². The Morgan fingerprint density at radius 1 is 1.20 bits per heavy atom. The summed E-state index contributed by atoms with van der Waals surface area (Å²) < 4.78 is 4.77. The average molecular weight is 148 g/mol. The molecule has 1 heterocycles. The SMILES string of the molecule is C[C@@H]1O[C@H](O)[C@H](O)C[C@H]1O. The van der Waals surface area contributed by atoms with Crippen molar-refractivity contribution in [3.8, 4) is 0 Å². The summed E-state index contributed by atoms with van der Waals surface area (Å²) >= 11 is 0. The molecule has 0 unspecified atom stereocenters. The molecule has 10 heavy (non-hydrogen) atoms. The molecular weight excluding hydrogens is 136 g/mol. The predicted octanol–water partition coefficient (Wildman–Crippen LogP) is -1.16. The van der Waals surface area contributed by atoms with Gasteiger partial charge in [0.1, 0.15) is 6.10 Å². The van der Waals surface area contributed by atoms with Crippen molar-refractivity contribution in [1.82, 2.24) is 0 Å². The van der Waals surface area contributed by atoms with Crippen LogP contribution in [-0.4, -0.2) is 39.9 Å². The normalized spacial score (nSPS) is 49.2. The van der Waals surface area contributed by atoms with Gasteiger partial charge in [-0.3, -0.25) is 0 Å². The number of hydrogen-bond donors (Lipinski definition) is 3. The van der Waals surface area contributed by atoms with Gasteiger partial charge in [0, 0.05) is 6.42 Å². The quantitative estimate of drug-likeness (QED) is 0.405. The summed E-state index contributed by atoms with van der Waals surface area (Å²) in [5.41, 5.74) is 0. The summed E-state index contributed by atoms with van der Waals surface area (Å²) in [4.78, 5) is 0. The molecule has 0 spiro atoms. The minimum absolute atomic E-state index is 0.183. The summed E-state index contributed by atoms with van der Waals surface area (Å²) in [5, 5.41) is 26.9. The number of hydrogen-bond acceptors (Lipinski definition) is 4. The molecule has 0 aliphatic carbocycles. The van der Waals surface area contributed by atoms with Gasteiger partial charge in [0.05, 0.1) is 12.2 Å². The van der Waals surface area contributed by atoms with Crippen LogP contribution < -0.4 is 0 Å². The van der Waals surface area contributed by atoms with E-state index in [1.54, 1.807) is 6.92 Å². The van der Waals surface area contributed by atoms with Crippen LogP contribution in [0.1, 0.15) is 13.3 Å². The summed E-state index contributed by atoms with van der Waals surface area (Å²) in [5.74, 6) is 0. The second-order valence-electron chi connectivity index (χ2n) is 2.60. The van der Waals surface area contributed by atoms with Crippen LogP contribution in [0.3, 0.4) is 0 Å². The van der Waals surface area contributed by atoms with Crippen LogP contribution in [0.2, 0.25) is 0 Å². The maximum Gasteiger partial charge on any atom is 0.181 e. The Labute approximate surface area is 59.1 Å². The highest BCUT2D eigenvalue weighted by molar-refractivity contribution is 4.76. The standard InChI is InChI=1S/C6H12O4/c1-3-4(7)2-5(8)6(9)10-3/h3-9H,2H2,1H3/t3-,4+,5+,6-/m0/s1. The molecule has 1 rings (SSSR count). The van der Waals surface area contributed by atoms with Gasteiger partial charge < -0.3 is 20.1 Å². The molecule has 60 valence electrons. The van der Waals surface area contributed by atoms with E-state index in [-0.39, 0.29) is 6.42 Å². The summed E-state index contributed by atoms with van der Waals surface area (Å²) in [6.45, 7) is 1.65. The first-order chi connectivity index (χ1) is 4.61. The van der Waals surface area contributed by atoms with Crippen molar-refractivity contribution in [3.63, 3.8) is 0 Å². The van der Waals surface area contributed by atoms with Gasteiger partial charge in [-0.15, -0.1) is 0 Å². The third-order valence-corrected chi connectivity index (χ3v) is 1.71. The minimum atomic E-state index is -1.14. The van der Waals surface area contributed by atoms with E-state index in [4.69, 9.17) is 20.1 Å². The zero-order valence-corrected chi connectivity index (χ0v) is 5.77. The highest BCUT2D eigenvalue weighted by Gasteiger charge is 2.32. The third kappa shape index (κ3) is 1.46. The molecule has 1 saturated heterocycles. The van der Waals surface area contributed by atoms with Crippen molar-refractivity contribution < 1.29 is 20.1 Å². The Morgan fingerprint density at radius 3 is 2.30 bits per heavy atom. The van der Waals surface area contributed by atoms with Gasteiger partial charge in [-0.1, -0.05) is 0 Å². The maximum absolute atomic E-state index is 9.07. The monoisotopic (exact) mass is 148 g/mol. The molecule has 1 fully saturated rings. The summed E-state index contributed by atoms with van der Waals surface area (Å²) in [6, 6.07) is 0. The van der Waals surface area contributed by atoms with Gasteiger partial charge in [-0.25, -0.2) is 0 Å². The van der Waals surface area contributed by atoms with Gasteiger partial charge >= 0.3 is 0 Å². The van der Waals surface area contributed by atoms with E-state index in [1.165, 1.54) is 0 Å². The zero-order chi connectivity index (χ0) is 7.72. The molecule has 4 nitrogen and oxygen atoms in total. The second-order valence-corrected chi connectivity index (χ2v) is 2.60. The molecule has 0 bridgehead atoms. The highest BCUT2D eigenvalue weighted by Crippen LogP contribution is 2.17. The Bertz CT molecular complexity index is 90.3. The fourth-order valence-electron chi connectivity index (χ4n) is 0.957. The molecule has 0 amide bonds. The van der Waals surface area contributed by atoms with Gasteiger partial charge in [0.15, 0.2) is 6.29 Å². The van der Waals surface area contributed by atoms with E-state index < -0.39 is 24.6 Å². The largest absolute Gasteiger partial charge is 0.390 e. The van der Waals surface area contributed by atoms with Gasteiger partial charge in [-0.2, -0.15) is 0 Å². The average Bonchev–Trinajstić information content (AvgIpc) is 1.84. The van der Waals surface area contributed by atoms with Crippen molar-refractivity contribution >= 4 is 0 Å². The lowest BCUT2D eigenvalue weighted by Crippen LogP contribution is -2.45. The first-order valence-electron chi connectivity index (χ1n) is 3.31. The van der Waals surface area contributed by atoms with Crippen LogP contribution in [0.15, 0.2) is 0 Å². The molecule has 3 N–H and O–H groups in total. The van der Waals surface area contributed by atoms with Crippen molar-refractivity contribution in [2.24, 2.45) is 0 Å². The van der Waals surface area contributed by atoms with E-state index in [1.807, 2.05) is 0 Å². The smallest absolute Gasteiger partial charge is 0.181 e. The van der Waals surface area contributed by atoms with Crippen LogP contribution in [0, 0.1) is 0 Å². The lowest BCUT2D eigenvalue weighted by atomic mass is 10.0. The molecule has 0 radical (unpaired) electrons. The molecule has 1 aliphatic heterocycles. The lowest BCUT2D eigenvalue weighted by molar-refractivity contribution is -0.240. The van der Waals surface area contributed by atoms with Crippen molar-refractivity contribution in [2.45, 2.75) is 37.9 Å². The highest BCUT2D eigenvalue weighted by atomic mass is 16.6. The Kier molecular flexibility index (Phi) is 2.25. The van der Waals surface area contributed by atoms with Crippen molar-refractivity contribution in [3.05, 3.63) is 0 Å². The number of aliphatic hydroxyl groups excluding tert-OH is 3. The molecule has 1 aliphatic rings. The van der Waals surface area contributed by atoms with Gasteiger partial charge in [0.2, 0.25) is 0 Å². The number of ether oxygens (including phenoxy) is 1. The number of rotatable bonds is 0. The van der Waals surface area contributed by atoms with E-state index in [9.17, 15) is 0 Å². The van der Waals surface area contributed by atoms with Crippen LogP contribution in [0.5, 0.6) is 0 Å². The van der Waals surface area contributed by atoms with E-state index in [0.717, 1.165) is 0 Å². The molecule has 4 heteroatoms. The molecule has 0 aromatic carbocycles. The minimum Gasteiger partial charge on any atom is -0.390 e. The van der Waals surface area contributed by atoms with E-state index >= 15 is 0 Å². The summed E-state index contributed by atoms with van der Waals surface area (Å²) in [6.07, 6.45) is -2.97. The predicted molar refractivity (Wildman–Crippen MR) is 33.2 cm³/mol. The number of aliphatic hydroxyl groups is 3. The topological polar surface area (TPSA) is 69.9 Å². The van der Waals surface area contributed by atoms with Gasteiger partial charge in [-0.05, 0) is 6.92 Å². The van der Waals surface area contributed by atoms with Crippen LogP contribution in [-0.2, 0) is 4.74 Å². The molecule has 4 atom stereocenters.